The lowest BCUT2D eigenvalue weighted by atomic mass is 10.3. The largest absolute Gasteiger partial charge is 0.490 e. The van der Waals surface area contributed by atoms with E-state index < -0.39 is 0 Å². The Kier molecular flexibility index (Phi) is 4.90. The van der Waals surface area contributed by atoms with Crippen molar-refractivity contribution in [1.82, 2.24) is 15.1 Å². The zero-order valence-corrected chi connectivity index (χ0v) is 13.8. The maximum atomic E-state index is 13.1. The standard InChI is InChI=1S/C17H16FN3O2S/c1-2-23-15-11-21(13-7-5-12(18)6-8-13)20-16(15)17(22)19-10-14-4-3-9-24-14/h3-9,11H,2,10H2,1H3,(H,19,22). The quantitative estimate of drug-likeness (QED) is 0.745. The summed E-state index contributed by atoms with van der Waals surface area (Å²) in [5.41, 5.74) is 0.854. The average molecular weight is 345 g/mol. The topological polar surface area (TPSA) is 56.2 Å². The Bertz CT molecular complexity index is 813. The second-order valence-electron chi connectivity index (χ2n) is 4.96. The first-order chi connectivity index (χ1) is 11.7. The summed E-state index contributed by atoms with van der Waals surface area (Å²) in [5.74, 6) is -0.247. The van der Waals surface area contributed by atoms with Crippen LogP contribution in [0.3, 0.4) is 0 Å². The van der Waals surface area contributed by atoms with Gasteiger partial charge in [-0.05, 0) is 42.6 Å². The number of ether oxygens (including phenoxy) is 1. The van der Waals surface area contributed by atoms with Crippen molar-refractivity contribution in [2.75, 3.05) is 6.61 Å². The number of nitrogens with one attached hydrogen (secondary N) is 1. The summed E-state index contributed by atoms with van der Waals surface area (Å²) in [6.45, 7) is 2.69. The van der Waals surface area contributed by atoms with E-state index in [-0.39, 0.29) is 17.4 Å². The molecule has 0 bridgehead atoms. The van der Waals surface area contributed by atoms with Gasteiger partial charge >= 0.3 is 0 Å². The molecule has 0 spiro atoms. The second kappa shape index (κ2) is 7.27. The van der Waals surface area contributed by atoms with E-state index in [9.17, 15) is 9.18 Å². The third-order valence-corrected chi connectivity index (χ3v) is 4.17. The lowest BCUT2D eigenvalue weighted by Crippen LogP contribution is -2.23. The van der Waals surface area contributed by atoms with Crippen LogP contribution in [-0.4, -0.2) is 22.3 Å². The number of hydrogen-bond acceptors (Lipinski definition) is 4. The number of amides is 1. The molecule has 0 aliphatic rings. The van der Waals surface area contributed by atoms with Gasteiger partial charge in [0, 0.05) is 4.88 Å². The van der Waals surface area contributed by atoms with Crippen molar-refractivity contribution in [2.45, 2.75) is 13.5 Å². The van der Waals surface area contributed by atoms with Crippen LogP contribution in [0.1, 0.15) is 22.3 Å². The van der Waals surface area contributed by atoms with Gasteiger partial charge in [0.1, 0.15) is 5.82 Å². The molecule has 0 saturated heterocycles. The molecule has 24 heavy (non-hydrogen) atoms. The van der Waals surface area contributed by atoms with Crippen LogP contribution in [0, 0.1) is 5.82 Å². The number of halogens is 1. The van der Waals surface area contributed by atoms with E-state index in [1.165, 1.54) is 16.8 Å². The number of rotatable bonds is 6. The van der Waals surface area contributed by atoms with E-state index in [2.05, 4.69) is 10.4 Å². The van der Waals surface area contributed by atoms with Crippen molar-refractivity contribution < 1.29 is 13.9 Å². The summed E-state index contributed by atoms with van der Waals surface area (Å²) >= 11 is 1.57. The predicted molar refractivity (Wildman–Crippen MR) is 90.2 cm³/mol. The molecule has 2 aromatic heterocycles. The smallest absolute Gasteiger partial charge is 0.275 e. The maximum absolute atomic E-state index is 13.1. The van der Waals surface area contributed by atoms with Crippen LogP contribution in [0.25, 0.3) is 5.69 Å². The highest BCUT2D eigenvalue weighted by molar-refractivity contribution is 7.09. The molecule has 3 aromatic rings. The third-order valence-electron chi connectivity index (χ3n) is 3.29. The van der Waals surface area contributed by atoms with Crippen molar-refractivity contribution in [3.8, 4) is 11.4 Å². The average Bonchev–Trinajstić information content (AvgIpc) is 3.23. The fourth-order valence-corrected chi connectivity index (χ4v) is 2.81. The minimum absolute atomic E-state index is 0.206. The van der Waals surface area contributed by atoms with Gasteiger partial charge in [-0.15, -0.1) is 11.3 Å². The highest BCUT2D eigenvalue weighted by atomic mass is 32.1. The molecule has 1 amide bonds. The summed E-state index contributed by atoms with van der Waals surface area (Å²) < 4.78 is 20.1. The molecule has 3 rings (SSSR count). The number of carbonyl (C=O) groups excluding carboxylic acids is 1. The number of hydrogen-bond donors (Lipinski definition) is 1. The number of nitrogens with zero attached hydrogens (tertiary/aromatic N) is 2. The highest BCUT2D eigenvalue weighted by Crippen LogP contribution is 2.20. The molecule has 1 N–H and O–H groups in total. The van der Waals surface area contributed by atoms with Gasteiger partial charge in [-0.2, -0.15) is 5.10 Å². The molecule has 0 unspecified atom stereocenters. The third kappa shape index (κ3) is 3.62. The SMILES string of the molecule is CCOc1cn(-c2ccc(F)cc2)nc1C(=O)NCc1cccs1. The van der Waals surface area contributed by atoms with Gasteiger partial charge in [-0.25, -0.2) is 9.07 Å². The number of aromatic nitrogens is 2. The Labute approximate surface area is 142 Å². The fourth-order valence-electron chi connectivity index (χ4n) is 2.17. The van der Waals surface area contributed by atoms with E-state index >= 15 is 0 Å². The first kappa shape index (κ1) is 16.2. The van der Waals surface area contributed by atoms with Crippen LogP contribution in [-0.2, 0) is 6.54 Å². The summed E-state index contributed by atoms with van der Waals surface area (Å²) in [7, 11) is 0. The van der Waals surface area contributed by atoms with Gasteiger partial charge in [-0.3, -0.25) is 4.79 Å². The summed E-state index contributed by atoms with van der Waals surface area (Å²) in [4.78, 5) is 13.5. The summed E-state index contributed by atoms with van der Waals surface area (Å²) in [5, 5.41) is 9.07. The molecule has 5 nitrogen and oxygen atoms in total. The monoisotopic (exact) mass is 345 g/mol. The van der Waals surface area contributed by atoms with Crippen LogP contribution in [0.4, 0.5) is 4.39 Å². The van der Waals surface area contributed by atoms with Crippen molar-refractivity contribution in [2.24, 2.45) is 0 Å². The Morgan fingerprint density at radius 3 is 2.79 bits per heavy atom. The van der Waals surface area contributed by atoms with Crippen molar-refractivity contribution in [3.63, 3.8) is 0 Å². The Morgan fingerprint density at radius 2 is 2.12 bits per heavy atom. The number of carbonyl (C=O) groups is 1. The van der Waals surface area contributed by atoms with Crippen molar-refractivity contribution in [3.05, 3.63) is 64.4 Å². The molecule has 0 fully saturated rings. The normalized spacial score (nSPS) is 10.6. The fraction of sp³-hybridized carbons (Fsp3) is 0.176. The molecule has 7 heteroatoms. The zero-order chi connectivity index (χ0) is 16.9. The molecule has 0 atom stereocenters. The summed E-state index contributed by atoms with van der Waals surface area (Å²) in [6.07, 6.45) is 1.62. The predicted octanol–water partition coefficient (Wildman–Crippen LogP) is 3.40. The molecule has 0 aliphatic carbocycles. The van der Waals surface area contributed by atoms with Gasteiger partial charge in [-0.1, -0.05) is 6.07 Å². The van der Waals surface area contributed by atoms with Crippen LogP contribution in [0.15, 0.2) is 48.0 Å². The minimum Gasteiger partial charge on any atom is -0.490 e. The van der Waals surface area contributed by atoms with E-state index in [1.807, 2.05) is 24.4 Å². The molecule has 2 heterocycles. The molecule has 124 valence electrons. The number of thiophene rings is 1. The molecular weight excluding hydrogens is 329 g/mol. The van der Waals surface area contributed by atoms with Crippen molar-refractivity contribution >= 4 is 17.2 Å². The lowest BCUT2D eigenvalue weighted by molar-refractivity contribution is 0.0942. The molecular formula is C17H16FN3O2S. The van der Waals surface area contributed by atoms with E-state index in [1.54, 1.807) is 29.7 Å². The Balaban J connectivity index is 1.82. The summed E-state index contributed by atoms with van der Waals surface area (Å²) in [6, 6.07) is 9.74. The first-order valence-electron chi connectivity index (χ1n) is 7.46. The van der Waals surface area contributed by atoms with Crippen LogP contribution in [0.5, 0.6) is 5.75 Å². The second-order valence-corrected chi connectivity index (χ2v) is 5.99. The molecule has 0 radical (unpaired) electrons. The van der Waals surface area contributed by atoms with E-state index in [4.69, 9.17) is 4.74 Å². The van der Waals surface area contributed by atoms with Crippen LogP contribution >= 0.6 is 11.3 Å². The molecule has 1 aromatic carbocycles. The zero-order valence-electron chi connectivity index (χ0n) is 13.0. The van der Waals surface area contributed by atoms with Gasteiger partial charge in [0.25, 0.3) is 5.91 Å². The van der Waals surface area contributed by atoms with Gasteiger partial charge in [0.15, 0.2) is 11.4 Å². The first-order valence-corrected chi connectivity index (χ1v) is 8.34. The number of benzene rings is 1. The Hall–Kier alpha value is -2.67. The maximum Gasteiger partial charge on any atom is 0.275 e. The van der Waals surface area contributed by atoms with Crippen LogP contribution < -0.4 is 10.1 Å². The Morgan fingerprint density at radius 1 is 1.33 bits per heavy atom. The molecule has 0 saturated carbocycles. The van der Waals surface area contributed by atoms with Crippen molar-refractivity contribution in [1.29, 1.82) is 0 Å². The van der Waals surface area contributed by atoms with E-state index in [0.29, 0.717) is 24.6 Å². The minimum atomic E-state index is -0.329. The van der Waals surface area contributed by atoms with Gasteiger partial charge in [0.05, 0.1) is 25.0 Å². The van der Waals surface area contributed by atoms with Gasteiger partial charge < -0.3 is 10.1 Å². The van der Waals surface area contributed by atoms with Gasteiger partial charge in [0.2, 0.25) is 0 Å². The van der Waals surface area contributed by atoms with Crippen LogP contribution in [0.2, 0.25) is 0 Å². The lowest BCUT2D eigenvalue weighted by Gasteiger charge is -2.04. The molecule has 0 aliphatic heterocycles. The highest BCUT2D eigenvalue weighted by Gasteiger charge is 2.18. The van der Waals surface area contributed by atoms with E-state index in [0.717, 1.165) is 4.88 Å².